The smallest absolute Gasteiger partial charge is 0.162 e. The van der Waals surface area contributed by atoms with Crippen LogP contribution in [0.1, 0.15) is 19.8 Å². The number of nitrogens with zero attached hydrogens (tertiary/aromatic N) is 3. The maximum absolute atomic E-state index is 5.92. The summed E-state index contributed by atoms with van der Waals surface area (Å²) in [5.41, 5.74) is 1.98. The van der Waals surface area contributed by atoms with E-state index in [0.29, 0.717) is 0 Å². The molecule has 0 N–H and O–H groups in total. The Kier molecular flexibility index (Phi) is 5.06. The lowest BCUT2D eigenvalue weighted by atomic mass is 9.99. The Morgan fingerprint density at radius 3 is 2.20 bits per heavy atom. The molecule has 30 heavy (non-hydrogen) atoms. The first kappa shape index (κ1) is 18.6. The fourth-order valence-electron chi connectivity index (χ4n) is 3.95. The third kappa shape index (κ3) is 3.86. The Balaban J connectivity index is 1.48. The SMILES string of the molecule is CC1CCN(c2nc(-c3ccc(Oc4ccccc4)cc3)nc3ccccc23)CC1. The molecule has 4 heteroatoms. The predicted octanol–water partition coefficient (Wildman–Crippen LogP) is 6.33. The number of hydrogen-bond donors (Lipinski definition) is 0. The molecular weight excluding hydrogens is 370 g/mol. The fourth-order valence-corrected chi connectivity index (χ4v) is 3.95. The molecule has 0 radical (unpaired) electrons. The summed E-state index contributed by atoms with van der Waals surface area (Å²) in [6, 6.07) is 26.1. The number of anilines is 1. The van der Waals surface area contributed by atoms with Gasteiger partial charge in [0.25, 0.3) is 0 Å². The van der Waals surface area contributed by atoms with Crippen LogP contribution >= 0.6 is 0 Å². The minimum atomic E-state index is 0.758. The molecule has 0 spiro atoms. The van der Waals surface area contributed by atoms with Crippen LogP contribution in [0.15, 0.2) is 78.9 Å². The summed E-state index contributed by atoms with van der Waals surface area (Å²) >= 11 is 0. The van der Waals surface area contributed by atoms with Crippen molar-refractivity contribution in [1.29, 1.82) is 0 Å². The zero-order valence-electron chi connectivity index (χ0n) is 17.2. The molecule has 1 aliphatic heterocycles. The van der Waals surface area contributed by atoms with Gasteiger partial charge in [0, 0.05) is 24.0 Å². The van der Waals surface area contributed by atoms with Crippen molar-refractivity contribution in [2.75, 3.05) is 18.0 Å². The zero-order valence-corrected chi connectivity index (χ0v) is 17.2. The van der Waals surface area contributed by atoms with Crippen molar-refractivity contribution >= 4 is 16.7 Å². The number of ether oxygens (including phenoxy) is 1. The standard InChI is InChI=1S/C26H25N3O/c1-19-15-17-29(18-16-19)26-23-9-5-6-10-24(23)27-25(28-26)20-11-13-22(14-12-20)30-21-7-3-2-4-8-21/h2-14,19H,15-18H2,1H3. The highest BCUT2D eigenvalue weighted by Gasteiger charge is 2.20. The molecule has 0 bridgehead atoms. The maximum Gasteiger partial charge on any atom is 0.162 e. The van der Waals surface area contributed by atoms with Crippen LogP contribution in [0, 0.1) is 5.92 Å². The Morgan fingerprint density at radius 1 is 0.767 bits per heavy atom. The Bertz CT molecular complexity index is 1130. The molecule has 1 aliphatic rings. The van der Waals surface area contributed by atoms with E-state index in [0.717, 1.165) is 58.6 Å². The van der Waals surface area contributed by atoms with Crippen LogP contribution < -0.4 is 9.64 Å². The summed E-state index contributed by atoms with van der Waals surface area (Å²) in [6.07, 6.45) is 2.42. The highest BCUT2D eigenvalue weighted by Crippen LogP contribution is 2.31. The Hall–Kier alpha value is -3.40. The summed E-state index contributed by atoms with van der Waals surface area (Å²) in [4.78, 5) is 12.3. The van der Waals surface area contributed by atoms with Gasteiger partial charge in [0.1, 0.15) is 17.3 Å². The summed E-state index contributed by atoms with van der Waals surface area (Å²) < 4.78 is 5.92. The van der Waals surface area contributed by atoms with Crippen LogP contribution in [0.25, 0.3) is 22.3 Å². The molecule has 0 saturated carbocycles. The summed E-state index contributed by atoms with van der Waals surface area (Å²) in [7, 11) is 0. The largest absolute Gasteiger partial charge is 0.457 e. The minimum Gasteiger partial charge on any atom is -0.457 e. The average molecular weight is 396 g/mol. The average Bonchev–Trinajstić information content (AvgIpc) is 2.80. The molecule has 150 valence electrons. The maximum atomic E-state index is 5.92. The monoisotopic (exact) mass is 395 g/mol. The third-order valence-corrected chi connectivity index (χ3v) is 5.76. The Morgan fingerprint density at radius 2 is 1.43 bits per heavy atom. The molecule has 5 rings (SSSR count). The van der Waals surface area contributed by atoms with E-state index in [1.54, 1.807) is 0 Å². The van der Waals surface area contributed by atoms with Gasteiger partial charge in [-0.25, -0.2) is 9.97 Å². The van der Waals surface area contributed by atoms with Gasteiger partial charge in [-0.2, -0.15) is 0 Å². The van der Waals surface area contributed by atoms with Crippen molar-refractivity contribution in [3.8, 4) is 22.9 Å². The minimum absolute atomic E-state index is 0.758. The van der Waals surface area contributed by atoms with Gasteiger partial charge in [-0.15, -0.1) is 0 Å². The summed E-state index contributed by atoms with van der Waals surface area (Å²) in [5.74, 6) is 4.22. The van der Waals surface area contributed by atoms with E-state index in [9.17, 15) is 0 Å². The van der Waals surface area contributed by atoms with E-state index in [4.69, 9.17) is 14.7 Å². The van der Waals surface area contributed by atoms with Crippen molar-refractivity contribution in [1.82, 2.24) is 9.97 Å². The van der Waals surface area contributed by atoms with Crippen molar-refractivity contribution in [2.45, 2.75) is 19.8 Å². The number of piperidine rings is 1. The van der Waals surface area contributed by atoms with E-state index in [1.807, 2.05) is 60.7 Å². The van der Waals surface area contributed by atoms with Gasteiger partial charge in [0.05, 0.1) is 5.52 Å². The van der Waals surface area contributed by atoms with Crippen LogP contribution in [-0.4, -0.2) is 23.1 Å². The third-order valence-electron chi connectivity index (χ3n) is 5.76. The predicted molar refractivity (Wildman–Crippen MR) is 122 cm³/mol. The molecule has 1 saturated heterocycles. The van der Waals surface area contributed by atoms with E-state index in [1.165, 1.54) is 12.8 Å². The van der Waals surface area contributed by atoms with Gasteiger partial charge in [0.2, 0.25) is 0 Å². The fraction of sp³-hybridized carbons (Fsp3) is 0.231. The van der Waals surface area contributed by atoms with Crippen LogP contribution in [0.4, 0.5) is 5.82 Å². The second-order valence-corrected chi connectivity index (χ2v) is 8.00. The quantitative estimate of drug-likeness (QED) is 0.405. The lowest BCUT2D eigenvalue weighted by Crippen LogP contribution is -2.33. The first-order chi connectivity index (χ1) is 14.8. The molecule has 3 aromatic carbocycles. The molecule has 1 aromatic heterocycles. The normalized spacial score (nSPS) is 14.8. The highest BCUT2D eigenvalue weighted by molar-refractivity contribution is 5.91. The lowest BCUT2D eigenvalue weighted by molar-refractivity contribution is 0.437. The van der Waals surface area contributed by atoms with Gasteiger partial charge in [-0.3, -0.25) is 0 Å². The van der Waals surface area contributed by atoms with Gasteiger partial charge in [-0.1, -0.05) is 37.3 Å². The lowest BCUT2D eigenvalue weighted by Gasteiger charge is -2.32. The summed E-state index contributed by atoms with van der Waals surface area (Å²) in [5, 5.41) is 1.12. The number of benzene rings is 3. The first-order valence-electron chi connectivity index (χ1n) is 10.6. The number of hydrogen-bond acceptors (Lipinski definition) is 4. The second kappa shape index (κ2) is 8.15. The molecule has 4 aromatic rings. The number of para-hydroxylation sites is 2. The molecule has 1 fully saturated rings. The van der Waals surface area contributed by atoms with Gasteiger partial charge >= 0.3 is 0 Å². The van der Waals surface area contributed by atoms with Crippen LogP contribution in [0.3, 0.4) is 0 Å². The second-order valence-electron chi connectivity index (χ2n) is 8.00. The van der Waals surface area contributed by atoms with Gasteiger partial charge in [-0.05, 0) is 67.3 Å². The number of rotatable bonds is 4. The van der Waals surface area contributed by atoms with Crippen LogP contribution in [0.2, 0.25) is 0 Å². The van der Waals surface area contributed by atoms with Gasteiger partial charge < -0.3 is 9.64 Å². The summed E-state index contributed by atoms with van der Waals surface area (Å²) in [6.45, 7) is 4.43. The van der Waals surface area contributed by atoms with E-state index >= 15 is 0 Å². The number of aromatic nitrogens is 2. The first-order valence-corrected chi connectivity index (χ1v) is 10.6. The number of fused-ring (bicyclic) bond motifs is 1. The highest BCUT2D eigenvalue weighted by atomic mass is 16.5. The van der Waals surface area contributed by atoms with Crippen molar-refractivity contribution in [3.05, 3.63) is 78.9 Å². The topological polar surface area (TPSA) is 38.2 Å². The molecule has 2 heterocycles. The van der Waals surface area contributed by atoms with E-state index in [2.05, 4.69) is 30.0 Å². The van der Waals surface area contributed by atoms with E-state index in [-0.39, 0.29) is 0 Å². The molecule has 0 unspecified atom stereocenters. The Labute approximate surface area is 177 Å². The van der Waals surface area contributed by atoms with E-state index < -0.39 is 0 Å². The molecular formula is C26H25N3O. The van der Waals surface area contributed by atoms with Crippen molar-refractivity contribution < 1.29 is 4.74 Å². The van der Waals surface area contributed by atoms with Crippen molar-refractivity contribution in [3.63, 3.8) is 0 Å². The van der Waals surface area contributed by atoms with Crippen LogP contribution in [-0.2, 0) is 0 Å². The van der Waals surface area contributed by atoms with Crippen LogP contribution in [0.5, 0.6) is 11.5 Å². The molecule has 4 nitrogen and oxygen atoms in total. The molecule has 0 atom stereocenters. The molecule has 0 amide bonds. The zero-order chi connectivity index (χ0) is 20.3. The van der Waals surface area contributed by atoms with Crippen molar-refractivity contribution in [2.24, 2.45) is 5.92 Å². The van der Waals surface area contributed by atoms with Gasteiger partial charge in [0.15, 0.2) is 5.82 Å². The molecule has 0 aliphatic carbocycles.